The Morgan fingerprint density at radius 1 is 1.29 bits per heavy atom. The molecule has 7 heavy (non-hydrogen) atoms. The Kier molecular flexibility index (Phi) is 17.5. The zero-order chi connectivity index (χ0) is 6.28. The maximum absolute atomic E-state index is 5.00. The molecule has 0 radical (unpaired) electrons. The van der Waals surface area contributed by atoms with E-state index < -0.39 is 11.6 Å². The minimum absolute atomic E-state index is 0.722. The molecule has 0 aliphatic rings. The second-order valence-electron chi connectivity index (χ2n) is 0.515. The Morgan fingerprint density at radius 3 is 1.29 bits per heavy atom. The first-order valence-electron chi connectivity index (χ1n) is 1.63. The topological polar surface area (TPSA) is 0 Å². The summed E-state index contributed by atoms with van der Waals surface area (Å²) in [7, 11) is 15.0. The summed E-state index contributed by atoms with van der Waals surface area (Å²) in [5.74, 6) is 0.722. The molecule has 0 fully saturated rings. The van der Waals surface area contributed by atoms with Gasteiger partial charge in [0.05, 0.1) is 0 Å². The van der Waals surface area contributed by atoms with Gasteiger partial charge in [0.2, 0.25) is 0 Å². The van der Waals surface area contributed by atoms with Crippen LogP contribution in [0.3, 0.4) is 0 Å². The summed E-state index contributed by atoms with van der Waals surface area (Å²) >= 11 is 2.94. The van der Waals surface area contributed by atoms with Crippen molar-refractivity contribution < 1.29 is 0 Å². The minimum atomic E-state index is -2.06. The van der Waals surface area contributed by atoms with Crippen LogP contribution in [0.2, 0.25) is 0 Å². The van der Waals surface area contributed by atoms with Crippen LogP contribution in [0.4, 0.5) is 0 Å². The quantitative estimate of drug-likeness (QED) is 0.454. The molecule has 0 saturated carbocycles. The predicted molar refractivity (Wildman–Crippen MR) is 41.1 cm³/mol. The van der Waals surface area contributed by atoms with Crippen molar-refractivity contribution in [3.63, 3.8) is 0 Å². The number of rotatable bonds is 0. The molecule has 0 aromatic carbocycles. The van der Waals surface area contributed by atoms with Gasteiger partial charge in [-0.1, -0.05) is 6.92 Å². The Bertz CT molecular complexity index is 20.9. The average molecular weight is 244 g/mol. The molecular weight excluding hydrogens is 238 g/mol. The van der Waals surface area contributed by atoms with E-state index in [0.29, 0.717) is 0 Å². The summed E-state index contributed by atoms with van der Waals surface area (Å²) in [6, 6.07) is 0. The molecule has 0 unspecified atom stereocenters. The van der Waals surface area contributed by atoms with Crippen molar-refractivity contribution in [2.75, 3.05) is 5.88 Å². The van der Waals surface area contributed by atoms with Gasteiger partial charge in [0.25, 0.3) is 0 Å². The van der Waals surface area contributed by atoms with E-state index in [0.717, 1.165) is 5.88 Å². The molecule has 0 bridgehead atoms. The van der Waals surface area contributed by atoms with E-state index in [1.54, 1.807) is 0 Å². The molecule has 0 aliphatic carbocycles. The van der Waals surface area contributed by atoms with Crippen molar-refractivity contribution >= 4 is 53.2 Å². The Hall–Kier alpha value is 1.70. The monoisotopic (exact) mass is 244 g/mol. The van der Waals surface area contributed by atoms with Gasteiger partial charge in [0.1, 0.15) is 0 Å². The van der Waals surface area contributed by atoms with Gasteiger partial charge in [0, 0.05) is 5.88 Å². The van der Waals surface area contributed by atoms with Crippen LogP contribution < -0.4 is 0 Å². The van der Waals surface area contributed by atoms with E-state index in [2.05, 4.69) is 0 Å². The van der Waals surface area contributed by atoms with Gasteiger partial charge >= 0.3 is 41.6 Å². The molecule has 0 spiro atoms. The van der Waals surface area contributed by atoms with Crippen molar-refractivity contribution in [2.45, 2.75) is 6.92 Å². The van der Waals surface area contributed by atoms with Gasteiger partial charge < -0.3 is 0 Å². The van der Waals surface area contributed by atoms with E-state index >= 15 is 0 Å². The second-order valence-corrected chi connectivity index (χ2v) is 12.4. The van der Waals surface area contributed by atoms with Crippen molar-refractivity contribution in [3.8, 4) is 0 Å². The molecule has 5 heteroatoms. The molecule has 0 aromatic rings. The fourth-order valence-electron chi connectivity index (χ4n) is 0. The van der Waals surface area contributed by atoms with Crippen LogP contribution >= 0.6 is 41.6 Å². The molecule has 0 nitrogen and oxygen atoms in total. The first kappa shape index (κ1) is 11.5. The van der Waals surface area contributed by atoms with Crippen molar-refractivity contribution in [2.24, 2.45) is 0 Å². The number of alkyl halides is 1. The van der Waals surface area contributed by atoms with Crippen LogP contribution in [0.5, 0.6) is 0 Å². The van der Waals surface area contributed by atoms with Crippen LogP contribution in [0.25, 0.3) is 0 Å². The van der Waals surface area contributed by atoms with Crippen LogP contribution in [0.15, 0.2) is 0 Å². The first-order chi connectivity index (χ1) is 3.15. The van der Waals surface area contributed by atoms with Crippen LogP contribution in [0.1, 0.15) is 6.92 Å². The van der Waals surface area contributed by atoms with Crippen LogP contribution in [-0.2, 0) is 0 Å². The van der Waals surface area contributed by atoms with Crippen LogP contribution in [0, 0.1) is 0 Å². The Morgan fingerprint density at radius 2 is 1.29 bits per heavy atom. The molecule has 46 valence electrons. The number of hydrogen-bond acceptors (Lipinski definition) is 0. The third-order valence-electron chi connectivity index (χ3n) is 0. The van der Waals surface area contributed by atoms with E-state index in [4.69, 9.17) is 41.6 Å². The molecule has 0 amide bonds. The van der Waals surface area contributed by atoms with Gasteiger partial charge in [-0.2, -0.15) is 0 Å². The van der Waals surface area contributed by atoms with Crippen molar-refractivity contribution in [1.82, 2.24) is 0 Å². The number of halogens is 4. The number of hydrogen-bond donors (Lipinski definition) is 0. The molecule has 0 aromatic heterocycles. The summed E-state index contributed by atoms with van der Waals surface area (Å²) < 4.78 is 0. The molecule has 0 heterocycles. The van der Waals surface area contributed by atoms with E-state index in [9.17, 15) is 0 Å². The van der Waals surface area contributed by atoms with Crippen molar-refractivity contribution in [3.05, 3.63) is 0 Å². The summed E-state index contributed by atoms with van der Waals surface area (Å²) in [6.07, 6.45) is 0. The summed E-state index contributed by atoms with van der Waals surface area (Å²) in [5, 5.41) is 0. The van der Waals surface area contributed by atoms with Gasteiger partial charge in [0.15, 0.2) is 0 Å². The molecule has 0 atom stereocenters. The average Bonchev–Trinajstić information content (AvgIpc) is 1.33. The SMILES string of the molecule is CCCl.[Cl][GeH]([Cl])[Cl]. The molecule has 0 saturated heterocycles. The fraction of sp³-hybridized carbons (Fsp3) is 1.00. The zero-order valence-corrected chi connectivity index (χ0v) is 9.24. The summed E-state index contributed by atoms with van der Waals surface area (Å²) in [4.78, 5) is 0. The Labute approximate surface area is 65.7 Å². The van der Waals surface area contributed by atoms with Gasteiger partial charge in [-0.05, 0) is 0 Å². The Balaban J connectivity index is 0. The summed E-state index contributed by atoms with van der Waals surface area (Å²) in [6.45, 7) is 1.89. The third kappa shape index (κ3) is 86.4. The van der Waals surface area contributed by atoms with Gasteiger partial charge in [-0.3, -0.25) is 0 Å². The van der Waals surface area contributed by atoms with Gasteiger partial charge in [-0.15, -0.1) is 11.6 Å². The van der Waals surface area contributed by atoms with Crippen LogP contribution in [-0.4, -0.2) is 17.4 Å². The molecular formula is C2H6Cl4Ge. The van der Waals surface area contributed by atoms with Gasteiger partial charge in [-0.25, -0.2) is 0 Å². The predicted octanol–water partition coefficient (Wildman–Crippen LogP) is 2.67. The second kappa shape index (κ2) is 10.6. The molecule has 0 rings (SSSR count). The first-order valence-corrected chi connectivity index (χ1v) is 11.7. The van der Waals surface area contributed by atoms with E-state index in [-0.39, 0.29) is 0 Å². The standard InChI is InChI=1S/C2H5Cl.Cl3GeH/c1-2-3;1-4(2)3/h2H2,1H3;4H. The molecule has 0 aliphatic heterocycles. The molecule has 0 N–H and O–H groups in total. The summed E-state index contributed by atoms with van der Waals surface area (Å²) in [5.41, 5.74) is 0. The van der Waals surface area contributed by atoms with E-state index in [1.165, 1.54) is 0 Å². The zero-order valence-electron chi connectivity index (χ0n) is 3.80. The third-order valence-corrected chi connectivity index (χ3v) is 0. The normalized spacial score (nSPS) is 7.71. The fourth-order valence-corrected chi connectivity index (χ4v) is 0. The van der Waals surface area contributed by atoms with Crippen molar-refractivity contribution in [1.29, 1.82) is 0 Å². The maximum atomic E-state index is 5.00. The van der Waals surface area contributed by atoms with E-state index in [1.807, 2.05) is 6.92 Å².